The Labute approximate surface area is 176 Å². The fourth-order valence-electron chi connectivity index (χ4n) is 3.38. The van der Waals surface area contributed by atoms with Crippen molar-refractivity contribution in [1.29, 1.82) is 0 Å². The molecule has 1 fully saturated rings. The van der Waals surface area contributed by atoms with Gasteiger partial charge in [-0.1, -0.05) is 31.0 Å². The van der Waals surface area contributed by atoms with E-state index in [4.69, 9.17) is 0 Å². The van der Waals surface area contributed by atoms with E-state index in [0.717, 1.165) is 25.9 Å². The van der Waals surface area contributed by atoms with Crippen molar-refractivity contribution >= 4 is 29.2 Å². The highest BCUT2D eigenvalue weighted by Gasteiger charge is 2.15. The molecule has 1 aliphatic heterocycles. The summed E-state index contributed by atoms with van der Waals surface area (Å²) in [6, 6.07) is 15.4. The van der Waals surface area contributed by atoms with Crippen LogP contribution in [-0.2, 0) is 4.79 Å². The second-order valence-electron chi connectivity index (χ2n) is 7.32. The van der Waals surface area contributed by atoms with Crippen LogP contribution in [0, 0.1) is 0 Å². The topological polar surface area (TPSA) is 90.5 Å². The molecule has 1 heterocycles. The second-order valence-corrected chi connectivity index (χ2v) is 7.32. The van der Waals surface area contributed by atoms with Gasteiger partial charge in [0.2, 0.25) is 5.91 Å². The predicted octanol–water partition coefficient (Wildman–Crippen LogP) is 3.85. The molecular formula is C23H28N4O3. The Hall–Kier alpha value is -3.35. The molecule has 3 N–H and O–H groups in total. The maximum atomic E-state index is 12.3. The molecule has 2 aromatic carbocycles. The molecule has 0 aromatic heterocycles. The molecule has 0 saturated carbocycles. The Kier molecular flexibility index (Phi) is 7.83. The number of carbonyl (C=O) groups excluding carboxylic acids is 3. The number of benzene rings is 2. The number of anilines is 2. The predicted molar refractivity (Wildman–Crippen MR) is 118 cm³/mol. The van der Waals surface area contributed by atoms with Gasteiger partial charge in [0.05, 0.1) is 0 Å². The van der Waals surface area contributed by atoms with Crippen LogP contribution in [0.4, 0.5) is 16.2 Å². The molecule has 7 nitrogen and oxygen atoms in total. The highest BCUT2D eigenvalue weighted by molar-refractivity contribution is 6.00. The highest BCUT2D eigenvalue weighted by Crippen LogP contribution is 2.12. The normalized spacial score (nSPS) is 13.8. The summed E-state index contributed by atoms with van der Waals surface area (Å²) in [4.78, 5) is 38.5. The van der Waals surface area contributed by atoms with Gasteiger partial charge >= 0.3 is 6.03 Å². The maximum absolute atomic E-state index is 12.3. The number of para-hydroxylation sites is 1. The quantitative estimate of drug-likeness (QED) is 0.678. The number of rotatable bonds is 6. The molecule has 2 aromatic rings. The fourth-order valence-corrected chi connectivity index (χ4v) is 3.38. The minimum atomic E-state index is -0.356. The van der Waals surface area contributed by atoms with Gasteiger partial charge in [-0.25, -0.2) is 4.79 Å². The van der Waals surface area contributed by atoms with Crippen LogP contribution in [-0.4, -0.2) is 42.4 Å². The van der Waals surface area contributed by atoms with Gasteiger partial charge in [0.1, 0.15) is 0 Å². The second kappa shape index (κ2) is 11.0. The lowest BCUT2D eigenvalue weighted by Gasteiger charge is -2.20. The summed E-state index contributed by atoms with van der Waals surface area (Å²) in [5, 5.41) is 8.25. The molecule has 7 heteroatoms. The summed E-state index contributed by atoms with van der Waals surface area (Å²) in [5.74, 6) is -0.139. The highest BCUT2D eigenvalue weighted by atomic mass is 16.2. The Morgan fingerprint density at radius 3 is 2.00 bits per heavy atom. The van der Waals surface area contributed by atoms with Gasteiger partial charge in [0.25, 0.3) is 5.91 Å². The minimum Gasteiger partial charge on any atom is -0.352 e. The first-order valence-electron chi connectivity index (χ1n) is 10.4. The maximum Gasteiger partial charge on any atom is 0.323 e. The molecule has 1 aliphatic rings. The molecule has 0 radical (unpaired) electrons. The Bertz CT molecular complexity index is 845. The van der Waals surface area contributed by atoms with Gasteiger partial charge in [-0.2, -0.15) is 0 Å². The van der Waals surface area contributed by atoms with E-state index in [0.29, 0.717) is 29.9 Å². The van der Waals surface area contributed by atoms with Gasteiger partial charge < -0.3 is 20.9 Å². The minimum absolute atomic E-state index is 0.0983. The molecule has 1 saturated heterocycles. The molecular weight excluding hydrogens is 380 g/mol. The van der Waals surface area contributed by atoms with E-state index in [1.807, 2.05) is 23.1 Å². The van der Waals surface area contributed by atoms with E-state index in [9.17, 15) is 14.4 Å². The smallest absolute Gasteiger partial charge is 0.323 e. The van der Waals surface area contributed by atoms with Crippen molar-refractivity contribution < 1.29 is 14.4 Å². The van der Waals surface area contributed by atoms with Crippen LogP contribution in [0.2, 0.25) is 0 Å². The standard InChI is InChI=1S/C23H28N4O3/c28-21(27-16-6-1-2-7-17-27)14-15-24-22(29)18-10-12-20(13-11-18)26-23(30)25-19-8-4-3-5-9-19/h3-5,8-13H,1-2,6-7,14-17H2,(H,24,29)(H2,25,26,30). The Morgan fingerprint density at radius 1 is 0.767 bits per heavy atom. The van der Waals surface area contributed by atoms with Crippen molar-refractivity contribution in [3.63, 3.8) is 0 Å². The van der Waals surface area contributed by atoms with Crippen molar-refractivity contribution in [3.05, 3.63) is 60.2 Å². The molecule has 158 valence electrons. The SMILES string of the molecule is O=C(Nc1ccccc1)Nc1ccc(C(=O)NCCC(=O)N2CCCCCC2)cc1. The van der Waals surface area contributed by atoms with Gasteiger partial charge in [0.15, 0.2) is 0 Å². The molecule has 0 bridgehead atoms. The van der Waals surface area contributed by atoms with E-state index in [-0.39, 0.29) is 17.8 Å². The summed E-state index contributed by atoms with van der Waals surface area (Å²) in [7, 11) is 0. The zero-order valence-electron chi connectivity index (χ0n) is 17.0. The number of hydrogen-bond donors (Lipinski definition) is 3. The van der Waals surface area contributed by atoms with Gasteiger partial charge in [-0.15, -0.1) is 0 Å². The van der Waals surface area contributed by atoms with Crippen LogP contribution < -0.4 is 16.0 Å². The fraction of sp³-hybridized carbons (Fsp3) is 0.348. The number of hydrogen-bond acceptors (Lipinski definition) is 3. The molecule has 30 heavy (non-hydrogen) atoms. The van der Waals surface area contributed by atoms with Crippen molar-refractivity contribution in [2.75, 3.05) is 30.3 Å². The average Bonchev–Trinajstić information content (AvgIpc) is 3.04. The van der Waals surface area contributed by atoms with Crippen LogP contribution in [0.3, 0.4) is 0 Å². The molecule has 4 amide bonds. The monoisotopic (exact) mass is 408 g/mol. The number of urea groups is 1. The number of amides is 4. The Balaban J connectivity index is 1.42. The molecule has 0 aliphatic carbocycles. The van der Waals surface area contributed by atoms with Crippen LogP contribution in [0.15, 0.2) is 54.6 Å². The summed E-state index contributed by atoms with van der Waals surface area (Å²) in [6.07, 6.45) is 4.79. The molecule has 0 spiro atoms. The van der Waals surface area contributed by atoms with Gasteiger partial charge in [-0.05, 0) is 49.2 Å². The van der Waals surface area contributed by atoms with Gasteiger partial charge in [0, 0.05) is 43.0 Å². The number of likely N-dealkylation sites (tertiary alicyclic amines) is 1. The third-order valence-corrected chi connectivity index (χ3v) is 5.02. The molecule has 0 unspecified atom stereocenters. The van der Waals surface area contributed by atoms with E-state index < -0.39 is 0 Å². The molecule has 3 rings (SSSR count). The van der Waals surface area contributed by atoms with E-state index in [1.54, 1.807) is 36.4 Å². The summed E-state index contributed by atoms with van der Waals surface area (Å²) in [5.41, 5.74) is 1.75. The zero-order valence-corrected chi connectivity index (χ0v) is 17.0. The van der Waals surface area contributed by atoms with Crippen LogP contribution in [0.1, 0.15) is 42.5 Å². The van der Waals surface area contributed by atoms with Gasteiger partial charge in [-0.3, -0.25) is 9.59 Å². The average molecular weight is 409 g/mol. The van der Waals surface area contributed by atoms with Crippen LogP contribution in [0.5, 0.6) is 0 Å². The number of carbonyl (C=O) groups is 3. The first kappa shape index (κ1) is 21.4. The van der Waals surface area contributed by atoms with Crippen molar-refractivity contribution in [2.24, 2.45) is 0 Å². The number of nitrogens with zero attached hydrogens (tertiary/aromatic N) is 1. The van der Waals surface area contributed by atoms with Crippen LogP contribution >= 0.6 is 0 Å². The van der Waals surface area contributed by atoms with E-state index >= 15 is 0 Å². The lowest BCUT2D eigenvalue weighted by atomic mass is 10.2. The number of nitrogens with one attached hydrogen (secondary N) is 3. The first-order valence-corrected chi connectivity index (χ1v) is 10.4. The summed E-state index contributed by atoms with van der Waals surface area (Å²) in [6.45, 7) is 1.95. The zero-order chi connectivity index (χ0) is 21.2. The van der Waals surface area contributed by atoms with E-state index in [1.165, 1.54) is 12.8 Å². The first-order chi connectivity index (χ1) is 14.6. The van der Waals surface area contributed by atoms with Crippen molar-refractivity contribution in [1.82, 2.24) is 10.2 Å². The van der Waals surface area contributed by atoms with Crippen molar-refractivity contribution in [3.8, 4) is 0 Å². The molecule has 0 atom stereocenters. The largest absolute Gasteiger partial charge is 0.352 e. The van der Waals surface area contributed by atoms with Crippen molar-refractivity contribution in [2.45, 2.75) is 32.1 Å². The third kappa shape index (κ3) is 6.62. The summed E-state index contributed by atoms with van der Waals surface area (Å²) >= 11 is 0. The lowest BCUT2D eigenvalue weighted by Crippen LogP contribution is -2.35. The lowest BCUT2D eigenvalue weighted by molar-refractivity contribution is -0.131. The third-order valence-electron chi connectivity index (χ3n) is 5.02. The van der Waals surface area contributed by atoms with Crippen LogP contribution in [0.25, 0.3) is 0 Å². The Morgan fingerprint density at radius 2 is 1.37 bits per heavy atom. The van der Waals surface area contributed by atoms with E-state index in [2.05, 4.69) is 16.0 Å². The summed E-state index contributed by atoms with van der Waals surface area (Å²) < 4.78 is 0.